The molecule has 3 nitrogen and oxygen atoms in total. The molecule has 0 spiro atoms. The van der Waals surface area contributed by atoms with Crippen LogP contribution in [0.15, 0.2) is 46.2 Å². The highest BCUT2D eigenvalue weighted by atomic mass is 32.2. The number of rotatable bonds is 2. The van der Waals surface area contributed by atoms with Crippen LogP contribution in [0.5, 0.6) is 0 Å². The van der Waals surface area contributed by atoms with E-state index in [1.807, 2.05) is 12.1 Å². The van der Waals surface area contributed by atoms with Gasteiger partial charge in [0.15, 0.2) is 0 Å². The number of carbonyl (C=O) groups is 1. The fourth-order valence-electron chi connectivity index (χ4n) is 2.10. The number of nitrogens with two attached hydrogens (primary N) is 1. The number of aryl methyl sites for hydroxylation is 1. The number of hydrogen-bond donors (Lipinski definition) is 2. The first-order chi connectivity index (χ1) is 9.11. The standard InChI is InChI=1S/C15H14N2OS/c1-9-2-4-11(5-3-9)19-14-8-13-10(6-12(14)16)7-15(18)17-13/h2-6,8H,7,16H2,1H3,(H,17,18). The molecule has 0 fully saturated rings. The topological polar surface area (TPSA) is 55.1 Å². The van der Waals surface area contributed by atoms with Crippen molar-refractivity contribution >= 4 is 29.0 Å². The summed E-state index contributed by atoms with van der Waals surface area (Å²) in [6.45, 7) is 2.06. The van der Waals surface area contributed by atoms with Gasteiger partial charge in [0.1, 0.15) is 0 Å². The zero-order valence-electron chi connectivity index (χ0n) is 10.6. The fourth-order valence-corrected chi connectivity index (χ4v) is 2.98. The average molecular weight is 270 g/mol. The van der Waals surface area contributed by atoms with Crippen molar-refractivity contribution < 1.29 is 4.79 Å². The summed E-state index contributed by atoms with van der Waals surface area (Å²) in [5, 5.41) is 2.85. The zero-order valence-corrected chi connectivity index (χ0v) is 11.4. The van der Waals surface area contributed by atoms with Gasteiger partial charge in [-0.1, -0.05) is 29.5 Å². The van der Waals surface area contributed by atoms with Crippen molar-refractivity contribution in [3.05, 3.63) is 47.5 Å². The van der Waals surface area contributed by atoms with Gasteiger partial charge < -0.3 is 11.1 Å². The maximum atomic E-state index is 11.4. The molecular formula is C15H14N2OS. The minimum absolute atomic E-state index is 0.0342. The Kier molecular flexibility index (Phi) is 2.95. The molecule has 1 aliphatic heterocycles. The molecular weight excluding hydrogens is 256 g/mol. The van der Waals surface area contributed by atoms with E-state index in [2.05, 4.69) is 36.5 Å². The van der Waals surface area contributed by atoms with E-state index in [1.54, 1.807) is 11.8 Å². The number of nitrogens with one attached hydrogen (secondary N) is 1. The van der Waals surface area contributed by atoms with Crippen LogP contribution in [-0.4, -0.2) is 5.91 Å². The van der Waals surface area contributed by atoms with E-state index in [0.29, 0.717) is 6.42 Å². The lowest BCUT2D eigenvalue weighted by molar-refractivity contribution is -0.115. The van der Waals surface area contributed by atoms with Crippen LogP contribution in [0.2, 0.25) is 0 Å². The molecule has 0 radical (unpaired) electrons. The van der Waals surface area contributed by atoms with Gasteiger partial charge in [-0.25, -0.2) is 0 Å². The van der Waals surface area contributed by atoms with Crippen LogP contribution < -0.4 is 11.1 Å². The third-order valence-electron chi connectivity index (χ3n) is 3.11. The lowest BCUT2D eigenvalue weighted by Crippen LogP contribution is -2.03. The molecule has 1 amide bonds. The average Bonchev–Trinajstić information content (AvgIpc) is 2.72. The summed E-state index contributed by atoms with van der Waals surface area (Å²) >= 11 is 1.61. The molecule has 0 saturated carbocycles. The SMILES string of the molecule is Cc1ccc(Sc2cc3c(cc2N)CC(=O)N3)cc1. The lowest BCUT2D eigenvalue weighted by atomic mass is 10.1. The van der Waals surface area contributed by atoms with Gasteiger partial charge in [0.25, 0.3) is 0 Å². The second-order valence-electron chi connectivity index (χ2n) is 4.69. The minimum Gasteiger partial charge on any atom is -0.398 e. The Bertz CT molecular complexity index is 650. The van der Waals surface area contributed by atoms with Gasteiger partial charge in [0.05, 0.1) is 6.42 Å². The van der Waals surface area contributed by atoms with Crippen LogP contribution in [0.4, 0.5) is 11.4 Å². The molecule has 3 N–H and O–H groups in total. The molecule has 19 heavy (non-hydrogen) atoms. The number of fused-ring (bicyclic) bond motifs is 1. The number of anilines is 2. The predicted octanol–water partition coefficient (Wildman–Crippen LogP) is 3.22. The van der Waals surface area contributed by atoms with Gasteiger partial charge in [0, 0.05) is 21.2 Å². The number of hydrogen-bond acceptors (Lipinski definition) is 3. The molecule has 0 saturated heterocycles. The maximum Gasteiger partial charge on any atom is 0.228 e. The second-order valence-corrected chi connectivity index (χ2v) is 5.80. The predicted molar refractivity (Wildman–Crippen MR) is 78.5 cm³/mol. The molecule has 96 valence electrons. The minimum atomic E-state index is 0.0342. The first-order valence-electron chi connectivity index (χ1n) is 6.08. The van der Waals surface area contributed by atoms with Crippen LogP contribution in [0.25, 0.3) is 0 Å². The van der Waals surface area contributed by atoms with Crippen LogP contribution in [0.1, 0.15) is 11.1 Å². The van der Waals surface area contributed by atoms with Crippen LogP contribution in [0.3, 0.4) is 0 Å². The first kappa shape index (κ1) is 12.1. The third-order valence-corrected chi connectivity index (χ3v) is 4.19. The van der Waals surface area contributed by atoms with E-state index in [4.69, 9.17) is 5.73 Å². The largest absolute Gasteiger partial charge is 0.398 e. The number of carbonyl (C=O) groups excluding carboxylic acids is 1. The van der Waals surface area contributed by atoms with E-state index >= 15 is 0 Å². The summed E-state index contributed by atoms with van der Waals surface area (Å²) in [6, 6.07) is 12.2. The lowest BCUT2D eigenvalue weighted by Gasteiger charge is -2.08. The van der Waals surface area contributed by atoms with E-state index in [9.17, 15) is 4.79 Å². The monoisotopic (exact) mass is 270 g/mol. The Morgan fingerprint density at radius 2 is 1.95 bits per heavy atom. The van der Waals surface area contributed by atoms with Gasteiger partial charge >= 0.3 is 0 Å². The number of amides is 1. The fraction of sp³-hybridized carbons (Fsp3) is 0.133. The molecule has 4 heteroatoms. The van der Waals surface area contributed by atoms with Gasteiger partial charge in [-0.15, -0.1) is 0 Å². The van der Waals surface area contributed by atoms with Crippen LogP contribution >= 0.6 is 11.8 Å². The summed E-state index contributed by atoms with van der Waals surface area (Å²) in [6.07, 6.45) is 0.426. The smallest absolute Gasteiger partial charge is 0.228 e. The normalized spacial score (nSPS) is 13.2. The zero-order chi connectivity index (χ0) is 13.4. The molecule has 0 bridgehead atoms. The van der Waals surface area contributed by atoms with Crippen molar-refractivity contribution in [3.8, 4) is 0 Å². The summed E-state index contributed by atoms with van der Waals surface area (Å²) in [7, 11) is 0. The quantitative estimate of drug-likeness (QED) is 0.824. The molecule has 3 rings (SSSR count). The van der Waals surface area contributed by atoms with Crippen LogP contribution in [0, 0.1) is 6.92 Å². The van der Waals surface area contributed by atoms with E-state index in [0.717, 1.165) is 26.7 Å². The Morgan fingerprint density at radius 1 is 1.21 bits per heavy atom. The molecule has 0 atom stereocenters. The van der Waals surface area contributed by atoms with Gasteiger partial charge in [-0.3, -0.25) is 4.79 Å². The summed E-state index contributed by atoms with van der Waals surface area (Å²) in [4.78, 5) is 13.5. The highest BCUT2D eigenvalue weighted by molar-refractivity contribution is 7.99. The maximum absolute atomic E-state index is 11.4. The summed E-state index contributed by atoms with van der Waals surface area (Å²) in [5.41, 5.74) is 9.88. The van der Waals surface area contributed by atoms with Crippen LogP contribution in [-0.2, 0) is 11.2 Å². The molecule has 1 aliphatic rings. The van der Waals surface area contributed by atoms with Gasteiger partial charge in [-0.05, 0) is 36.8 Å². The van der Waals surface area contributed by atoms with Crippen molar-refractivity contribution in [2.45, 2.75) is 23.1 Å². The van der Waals surface area contributed by atoms with Crippen molar-refractivity contribution in [1.82, 2.24) is 0 Å². The summed E-state index contributed by atoms with van der Waals surface area (Å²) in [5.74, 6) is 0.0342. The van der Waals surface area contributed by atoms with E-state index < -0.39 is 0 Å². The summed E-state index contributed by atoms with van der Waals surface area (Å²) < 4.78 is 0. The van der Waals surface area contributed by atoms with Gasteiger partial charge in [0.2, 0.25) is 5.91 Å². The Morgan fingerprint density at radius 3 is 2.68 bits per heavy atom. The van der Waals surface area contributed by atoms with Crippen molar-refractivity contribution in [1.29, 1.82) is 0 Å². The Balaban J connectivity index is 1.91. The van der Waals surface area contributed by atoms with E-state index in [-0.39, 0.29) is 5.91 Å². The molecule has 1 heterocycles. The molecule has 0 aromatic heterocycles. The highest BCUT2D eigenvalue weighted by Crippen LogP contribution is 2.37. The Labute approximate surface area is 116 Å². The molecule has 0 aliphatic carbocycles. The molecule has 2 aromatic carbocycles. The second kappa shape index (κ2) is 4.63. The van der Waals surface area contributed by atoms with Crippen molar-refractivity contribution in [2.75, 3.05) is 11.1 Å². The third kappa shape index (κ3) is 2.44. The van der Waals surface area contributed by atoms with Crippen molar-refractivity contribution in [3.63, 3.8) is 0 Å². The van der Waals surface area contributed by atoms with Gasteiger partial charge in [-0.2, -0.15) is 0 Å². The number of benzene rings is 2. The van der Waals surface area contributed by atoms with Crippen molar-refractivity contribution in [2.24, 2.45) is 0 Å². The Hall–Kier alpha value is -1.94. The van der Waals surface area contributed by atoms with E-state index in [1.165, 1.54) is 5.56 Å². The highest BCUT2D eigenvalue weighted by Gasteiger charge is 2.19. The first-order valence-corrected chi connectivity index (χ1v) is 6.90. The molecule has 2 aromatic rings. The molecule has 0 unspecified atom stereocenters. The number of nitrogen functional groups attached to an aromatic ring is 1.